The molecule has 2 aromatic heterocycles. The predicted octanol–water partition coefficient (Wildman–Crippen LogP) is 4.54. The van der Waals surface area contributed by atoms with E-state index in [4.69, 9.17) is 17.3 Å². The number of ketones is 1. The summed E-state index contributed by atoms with van der Waals surface area (Å²) in [7, 11) is 0. The molecule has 4 rings (SSSR count). The van der Waals surface area contributed by atoms with Crippen molar-refractivity contribution in [3.63, 3.8) is 0 Å². The average molecular weight is 505 g/mol. The largest absolute Gasteiger partial charge is 0.418 e. The fourth-order valence-corrected chi connectivity index (χ4v) is 3.68. The van der Waals surface area contributed by atoms with E-state index < -0.39 is 17.2 Å². The summed E-state index contributed by atoms with van der Waals surface area (Å²) in [6, 6.07) is 6.59. The predicted molar refractivity (Wildman–Crippen MR) is 123 cm³/mol. The summed E-state index contributed by atoms with van der Waals surface area (Å²) in [6.45, 7) is 0.106. The second kappa shape index (κ2) is 9.49. The SMILES string of the molecule is Nc1ncc(C(=O)CC2(C(=O)NCc3ccc(Nc4ccc(Cl)cc4C(F)(F)F)cn3)CC2)cn1. The van der Waals surface area contributed by atoms with Gasteiger partial charge in [-0.15, -0.1) is 0 Å². The highest BCUT2D eigenvalue weighted by atomic mass is 35.5. The van der Waals surface area contributed by atoms with Crippen molar-refractivity contribution in [3.05, 3.63) is 70.8 Å². The Labute approximate surface area is 203 Å². The van der Waals surface area contributed by atoms with Crippen LogP contribution in [0.4, 0.5) is 30.5 Å². The molecule has 0 bridgehead atoms. The van der Waals surface area contributed by atoms with Crippen molar-refractivity contribution in [2.75, 3.05) is 11.1 Å². The summed E-state index contributed by atoms with van der Waals surface area (Å²) in [5, 5.41) is 5.45. The number of nitrogens with one attached hydrogen (secondary N) is 2. The van der Waals surface area contributed by atoms with Crippen LogP contribution in [0.5, 0.6) is 0 Å². The molecular formula is C23H20ClF3N6O2. The van der Waals surface area contributed by atoms with Crippen LogP contribution in [0.3, 0.4) is 0 Å². The van der Waals surface area contributed by atoms with Crippen molar-refractivity contribution in [3.8, 4) is 0 Å². The van der Waals surface area contributed by atoms with Gasteiger partial charge in [-0.1, -0.05) is 11.6 Å². The monoisotopic (exact) mass is 504 g/mol. The van der Waals surface area contributed by atoms with Crippen molar-refractivity contribution in [2.24, 2.45) is 5.41 Å². The molecule has 182 valence electrons. The van der Waals surface area contributed by atoms with Gasteiger partial charge in [-0.05, 0) is 43.2 Å². The fraction of sp³-hybridized carbons (Fsp3) is 0.261. The third-order valence-electron chi connectivity index (χ3n) is 5.65. The van der Waals surface area contributed by atoms with E-state index in [0.29, 0.717) is 24.2 Å². The third-order valence-corrected chi connectivity index (χ3v) is 5.88. The molecule has 0 atom stereocenters. The highest BCUT2D eigenvalue weighted by Crippen LogP contribution is 2.49. The molecule has 0 spiro atoms. The highest BCUT2D eigenvalue weighted by Gasteiger charge is 2.51. The molecule has 0 aliphatic heterocycles. The van der Waals surface area contributed by atoms with E-state index >= 15 is 0 Å². The Kier molecular flexibility index (Phi) is 6.62. The van der Waals surface area contributed by atoms with Crippen LogP contribution in [0.1, 0.15) is 40.9 Å². The maximum atomic E-state index is 13.3. The van der Waals surface area contributed by atoms with E-state index in [2.05, 4.69) is 25.6 Å². The van der Waals surface area contributed by atoms with E-state index in [1.807, 2.05) is 0 Å². The van der Waals surface area contributed by atoms with Crippen LogP contribution in [0, 0.1) is 5.41 Å². The lowest BCUT2D eigenvalue weighted by Crippen LogP contribution is -2.33. The second-order valence-electron chi connectivity index (χ2n) is 8.24. The van der Waals surface area contributed by atoms with Crippen LogP contribution >= 0.6 is 11.6 Å². The molecule has 1 aromatic carbocycles. The van der Waals surface area contributed by atoms with Gasteiger partial charge in [0, 0.05) is 23.8 Å². The zero-order valence-corrected chi connectivity index (χ0v) is 19.0. The Bertz CT molecular complexity index is 1250. The fourth-order valence-electron chi connectivity index (χ4n) is 3.50. The van der Waals surface area contributed by atoms with Crippen LogP contribution in [0.15, 0.2) is 48.9 Å². The zero-order chi connectivity index (χ0) is 25.2. The maximum Gasteiger partial charge on any atom is 0.418 e. The van der Waals surface area contributed by atoms with Crippen LogP contribution in [0.2, 0.25) is 5.02 Å². The standard InChI is InChI=1S/C23H20ClF3N6O2/c24-14-1-4-18(17(7-14)23(25,26)27)33-16-3-2-15(29-12-16)11-30-20(35)22(5-6-22)8-19(34)13-9-31-21(28)32-10-13/h1-4,7,9-10,12,33H,5-6,8,11H2,(H,30,35)(H2,28,31,32). The van der Waals surface area contributed by atoms with E-state index in [9.17, 15) is 22.8 Å². The number of benzene rings is 1. The lowest BCUT2D eigenvalue weighted by molar-refractivity contribution is -0.137. The number of halogens is 4. The number of nitrogens with two attached hydrogens (primary N) is 1. The Balaban J connectivity index is 1.34. The number of amides is 1. The van der Waals surface area contributed by atoms with Gasteiger partial charge in [-0.2, -0.15) is 13.2 Å². The molecule has 1 amide bonds. The Morgan fingerprint density at radius 3 is 2.37 bits per heavy atom. The Morgan fingerprint density at radius 1 is 1.06 bits per heavy atom. The van der Waals surface area contributed by atoms with Crippen molar-refractivity contribution >= 4 is 40.6 Å². The normalized spacial score (nSPS) is 14.3. The third kappa shape index (κ3) is 5.86. The number of alkyl halides is 3. The van der Waals surface area contributed by atoms with Gasteiger partial charge in [0.25, 0.3) is 0 Å². The Morgan fingerprint density at radius 2 is 1.77 bits per heavy atom. The number of rotatable bonds is 8. The van der Waals surface area contributed by atoms with E-state index in [0.717, 1.165) is 6.07 Å². The number of carbonyl (C=O) groups is 2. The van der Waals surface area contributed by atoms with Crippen molar-refractivity contribution in [1.82, 2.24) is 20.3 Å². The summed E-state index contributed by atoms with van der Waals surface area (Å²) in [4.78, 5) is 37.0. The van der Waals surface area contributed by atoms with Crippen molar-refractivity contribution in [1.29, 1.82) is 0 Å². The Hall–Kier alpha value is -3.73. The number of nitrogen functional groups attached to an aromatic ring is 1. The zero-order valence-electron chi connectivity index (χ0n) is 18.2. The number of hydrogen-bond acceptors (Lipinski definition) is 7. The van der Waals surface area contributed by atoms with Crippen LogP contribution in [0.25, 0.3) is 0 Å². The number of Topliss-reactive ketones (excluding diaryl/α,β-unsaturated/α-hetero) is 1. The van der Waals surface area contributed by atoms with E-state index in [1.54, 1.807) is 12.1 Å². The van der Waals surface area contributed by atoms with Crippen molar-refractivity contribution < 1.29 is 22.8 Å². The first-order valence-electron chi connectivity index (χ1n) is 10.5. The smallest absolute Gasteiger partial charge is 0.368 e. The minimum Gasteiger partial charge on any atom is -0.368 e. The van der Waals surface area contributed by atoms with Gasteiger partial charge in [0.05, 0.1) is 46.4 Å². The van der Waals surface area contributed by atoms with E-state index in [-0.39, 0.29) is 46.9 Å². The van der Waals surface area contributed by atoms with Crippen molar-refractivity contribution in [2.45, 2.75) is 32.0 Å². The number of hydrogen-bond donors (Lipinski definition) is 3. The van der Waals surface area contributed by atoms with Crippen LogP contribution < -0.4 is 16.4 Å². The van der Waals surface area contributed by atoms with Gasteiger partial charge in [-0.3, -0.25) is 14.6 Å². The molecule has 2 heterocycles. The quantitative estimate of drug-likeness (QED) is 0.385. The van der Waals surface area contributed by atoms with Gasteiger partial charge in [0.15, 0.2) is 5.78 Å². The first-order valence-corrected chi connectivity index (χ1v) is 10.9. The molecule has 0 unspecified atom stereocenters. The molecular weight excluding hydrogens is 485 g/mol. The number of carbonyl (C=O) groups excluding carboxylic acids is 2. The lowest BCUT2D eigenvalue weighted by Gasteiger charge is -2.16. The van der Waals surface area contributed by atoms with Gasteiger partial charge in [0.2, 0.25) is 11.9 Å². The first-order chi connectivity index (χ1) is 16.6. The number of anilines is 3. The molecule has 35 heavy (non-hydrogen) atoms. The summed E-state index contributed by atoms with van der Waals surface area (Å²) in [6.07, 6.45) is 0.656. The topological polar surface area (TPSA) is 123 Å². The van der Waals surface area contributed by atoms with Gasteiger partial charge in [-0.25, -0.2) is 9.97 Å². The van der Waals surface area contributed by atoms with Gasteiger partial charge < -0.3 is 16.4 Å². The summed E-state index contributed by atoms with van der Waals surface area (Å²) in [5.74, 6) is -0.447. The maximum absolute atomic E-state index is 13.3. The lowest BCUT2D eigenvalue weighted by atomic mass is 9.96. The summed E-state index contributed by atoms with van der Waals surface area (Å²) >= 11 is 5.70. The number of nitrogens with zero attached hydrogens (tertiary/aromatic N) is 3. The molecule has 0 radical (unpaired) electrons. The molecule has 1 saturated carbocycles. The minimum absolute atomic E-state index is 0.0241. The molecule has 3 aromatic rings. The molecule has 1 fully saturated rings. The van der Waals surface area contributed by atoms with Crippen LogP contribution in [-0.2, 0) is 17.5 Å². The highest BCUT2D eigenvalue weighted by molar-refractivity contribution is 6.30. The molecule has 8 nitrogen and oxygen atoms in total. The molecule has 4 N–H and O–H groups in total. The van der Waals surface area contributed by atoms with Gasteiger partial charge >= 0.3 is 6.18 Å². The molecule has 1 aliphatic rings. The average Bonchev–Trinajstić information content (AvgIpc) is 3.60. The molecule has 0 saturated heterocycles. The summed E-state index contributed by atoms with van der Waals surface area (Å²) in [5.41, 5.74) is 4.74. The summed E-state index contributed by atoms with van der Waals surface area (Å²) < 4.78 is 39.8. The number of pyridine rings is 1. The molecule has 12 heteroatoms. The van der Waals surface area contributed by atoms with Crippen LogP contribution in [-0.4, -0.2) is 26.6 Å². The molecule has 1 aliphatic carbocycles. The first kappa shape index (κ1) is 24.4. The second-order valence-corrected chi connectivity index (χ2v) is 8.68. The minimum atomic E-state index is -4.58. The van der Waals surface area contributed by atoms with Gasteiger partial charge in [0.1, 0.15) is 0 Å². The number of aromatic nitrogens is 3. The van der Waals surface area contributed by atoms with E-state index in [1.165, 1.54) is 30.7 Å².